The van der Waals surface area contributed by atoms with E-state index in [4.69, 9.17) is 4.42 Å². The Morgan fingerprint density at radius 3 is 2.94 bits per heavy atom. The average Bonchev–Trinajstić information content (AvgIpc) is 2.81. The van der Waals surface area contributed by atoms with Crippen molar-refractivity contribution in [1.29, 1.82) is 0 Å². The van der Waals surface area contributed by atoms with Gasteiger partial charge in [-0.1, -0.05) is 18.2 Å². The highest BCUT2D eigenvalue weighted by Crippen LogP contribution is 2.24. The molecule has 0 saturated carbocycles. The zero-order valence-electron chi connectivity index (χ0n) is 8.18. The number of hydrogen-bond acceptors (Lipinski definition) is 4. The average molecular weight is 213 g/mol. The predicted octanol–water partition coefficient (Wildman–Crippen LogP) is 1.58. The third-order valence-electron chi connectivity index (χ3n) is 2.34. The second kappa shape index (κ2) is 3.30. The molecule has 0 atom stereocenters. The lowest BCUT2D eigenvalue weighted by atomic mass is 10.1. The SMILES string of the molecule is O=c1cc(-c2cn[nH]n2)c2ccccc2o1. The lowest BCUT2D eigenvalue weighted by Gasteiger charge is -2.00. The molecular weight excluding hydrogens is 206 g/mol. The fourth-order valence-electron chi connectivity index (χ4n) is 1.65. The molecule has 78 valence electrons. The zero-order chi connectivity index (χ0) is 11.0. The van der Waals surface area contributed by atoms with Crippen molar-refractivity contribution in [2.45, 2.75) is 0 Å². The number of aromatic amines is 1. The molecule has 3 aromatic rings. The molecule has 0 aliphatic heterocycles. The molecule has 5 heteroatoms. The summed E-state index contributed by atoms with van der Waals surface area (Å²) in [6.45, 7) is 0. The van der Waals surface area contributed by atoms with E-state index < -0.39 is 5.63 Å². The van der Waals surface area contributed by atoms with Crippen molar-refractivity contribution in [1.82, 2.24) is 15.4 Å². The smallest absolute Gasteiger partial charge is 0.336 e. The number of benzene rings is 1. The van der Waals surface area contributed by atoms with Crippen molar-refractivity contribution in [2.75, 3.05) is 0 Å². The maximum atomic E-state index is 11.4. The summed E-state index contributed by atoms with van der Waals surface area (Å²) in [5.41, 5.74) is 1.51. The van der Waals surface area contributed by atoms with E-state index in [9.17, 15) is 4.79 Å². The van der Waals surface area contributed by atoms with Crippen molar-refractivity contribution in [3.8, 4) is 11.3 Å². The van der Waals surface area contributed by atoms with Crippen molar-refractivity contribution in [3.63, 3.8) is 0 Å². The minimum absolute atomic E-state index is 0.392. The highest BCUT2D eigenvalue weighted by atomic mass is 16.4. The van der Waals surface area contributed by atoms with Crippen LogP contribution in [0.5, 0.6) is 0 Å². The quantitative estimate of drug-likeness (QED) is 0.623. The number of nitrogens with zero attached hydrogens (tertiary/aromatic N) is 2. The van der Waals surface area contributed by atoms with Crippen LogP contribution in [-0.4, -0.2) is 15.4 Å². The topological polar surface area (TPSA) is 71.8 Å². The van der Waals surface area contributed by atoms with E-state index in [-0.39, 0.29) is 0 Å². The largest absolute Gasteiger partial charge is 0.423 e. The van der Waals surface area contributed by atoms with Gasteiger partial charge in [0.1, 0.15) is 11.3 Å². The standard InChI is InChI=1S/C11H7N3O2/c15-11-5-8(9-6-12-14-13-9)7-3-1-2-4-10(7)16-11/h1-6H,(H,12,13,14). The molecule has 2 heterocycles. The number of H-pyrrole nitrogens is 1. The van der Waals surface area contributed by atoms with Crippen LogP contribution in [0.3, 0.4) is 0 Å². The normalized spacial score (nSPS) is 10.8. The van der Waals surface area contributed by atoms with Crippen molar-refractivity contribution in [2.24, 2.45) is 0 Å². The van der Waals surface area contributed by atoms with Gasteiger partial charge < -0.3 is 4.42 Å². The Kier molecular flexibility index (Phi) is 1.83. The highest BCUT2D eigenvalue weighted by Gasteiger charge is 2.08. The van der Waals surface area contributed by atoms with E-state index in [1.54, 1.807) is 12.3 Å². The van der Waals surface area contributed by atoms with Gasteiger partial charge in [-0.2, -0.15) is 15.4 Å². The molecule has 1 N–H and O–H groups in total. The van der Waals surface area contributed by atoms with Crippen LogP contribution in [0.4, 0.5) is 0 Å². The van der Waals surface area contributed by atoms with Crippen LogP contribution in [0.25, 0.3) is 22.2 Å². The third kappa shape index (κ3) is 1.30. The summed E-state index contributed by atoms with van der Waals surface area (Å²) in [4.78, 5) is 11.4. The van der Waals surface area contributed by atoms with Crippen molar-refractivity contribution >= 4 is 11.0 Å². The second-order valence-electron chi connectivity index (χ2n) is 3.33. The first kappa shape index (κ1) is 8.84. The Bertz CT molecular complexity index is 686. The highest BCUT2D eigenvalue weighted by molar-refractivity contribution is 5.91. The van der Waals surface area contributed by atoms with Gasteiger partial charge >= 0.3 is 5.63 Å². The van der Waals surface area contributed by atoms with E-state index in [2.05, 4.69) is 15.4 Å². The summed E-state index contributed by atoms with van der Waals surface area (Å²) in [5.74, 6) is 0. The molecule has 2 aromatic heterocycles. The number of hydrogen-bond donors (Lipinski definition) is 1. The molecule has 0 aliphatic carbocycles. The molecule has 0 bridgehead atoms. The predicted molar refractivity (Wildman–Crippen MR) is 57.9 cm³/mol. The lowest BCUT2D eigenvalue weighted by Crippen LogP contribution is -1.98. The van der Waals surface area contributed by atoms with E-state index in [0.29, 0.717) is 11.3 Å². The number of fused-ring (bicyclic) bond motifs is 1. The fraction of sp³-hybridized carbons (Fsp3) is 0. The molecule has 0 fully saturated rings. The Labute approximate surface area is 89.7 Å². The molecule has 3 rings (SSSR count). The number of aromatic nitrogens is 3. The number of rotatable bonds is 1. The second-order valence-corrected chi connectivity index (χ2v) is 3.33. The van der Waals surface area contributed by atoms with Crippen LogP contribution < -0.4 is 5.63 Å². The van der Waals surface area contributed by atoms with Gasteiger partial charge in [-0.3, -0.25) is 0 Å². The van der Waals surface area contributed by atoms with Crippen LogP contribution in [0.15, 0.2) is 45.7 Å². The molecule has 5 nitrogen and oxygen atoms in total. The van der Waals surface area contributed by atoms with Gasteiger partial charge in [0.05, 0.1) is 6.20 Å². The molecule has 0 spiro atoms. The summed E-state index contributed by atoms with van der Waals surface area (Å²) in [7, 11) is 0. The molecule has 0 amide bonds. The van der Waals surface area contributed by atoms with Gasteiger partial charge in [0.15, 0.2) is 0 Å². The maximum absolute atomic E-state index is 11.4. The van der Waals surface area contributed by atoms with Gasteiger partial charge in [-0.15, -0.1) is 0 Å². The van der Waals surface area contributed by atoms with Gasteiger partial charge in [0.25, 0.3) is 0 Å². The van der Waals surface area contributed by atoms with Crippen LogP contribution in [-0.2, 0) is 0 Å². The molecule has 0 saturated heterocycles. The van der Waals surface area contributed by atoms with Crippen LogP contribution in [0.2, 0.25) is 0 Å². The molecule has 1 aromatic carbocycles. The summed E-state index contributed by atoms with van der Waals surface area (Å²) in [6.07, 6.45) is 1.57. The first-order valence-corrected chi connectivity index (χ1v) is 4.73. The Hall–Kier alpha value is -2.43. The monoisotopic (exact) mass is 213 g/mol. The first-order valence-electron chi connectivity index (χ1n) is 4.73. The van der Waals surface area contributed by atoms with E-state index in [0.717, 1.165) is 10.9 Å². The fourth-order valence-corrected chi connectivity index (χ4v) is 1.65. The van der Waals surface area contributed by atoms with Gasteiger partial charge in [-0.25, -0.2) is 4.79 Å². The summed E-state index contributed by atoms with van der Waals surface area (Å²) < 4.78 is 5.09. The molecular formula is C11H7N3O2. The minimum atomic E-state index is -0.392. The third-order valence-corrected chi connectivity index (χ3v) is 2.34. The zero-order valence-corrected chi connectivity index (χ0v) is 8.18. The summed E-state index contributed by atoms with van der Waals surface area (Å²) in [6, 6.07) is 8.74. The number of para-hydroxylation sites is 1. The van der Waals surface area contributed by atoms with E-state index in [1.165, 1.54) is 6.07 Å². The van der Waals surface area contributed by atoms with Crippen LogP contribution in [0, 0.1) is 0 Å². The Morgan fingerprint density at radius 2 is 2.12 bits per heavy atom. The van der Waals surface area contributed by atoms with Crippen LogP contribution in [0.1, 0.15) is 0 Å². The van der Waals surface area contributed by atoms with Gasteiger partial charge in [-0.05, 0) is 6.07 Å². The minimum Gasteiger partial charge on any atom is -0.423 e. The summed E-state index contributed by atoms with van der Waals surface area (Å²) in [5, 5.41) is 11.1. The molecule has 0 aliphatic rings. The van der Waals surface area contributed by atoms with Gasteiger partial charge in [0.2, 0.25) is 0 Å². The van der Waals surface area contributed by atoms with E-state index in [1.807, 2.05) is 18.2 Å². The molecule has 0 unspecified atom stereocenters. The summed E-state index contributed by atoms with van der Waals surface area (Å²) >= 11 is 0. The van der Waals surface area contributed by atoms with Crippen molar-refractivity contribution in [3.05, 3.63) is 46.9 Å². The number of nitrogens with one attached hydrogen (secondary N) is 1. The Morgan fingerprint density at radius 1 is 1.25 bits per heavy atom. The molecule has 0 radical (unpaired) electrons. The molecule has 16 heavy (non-hydrogen) atoms. The van der Waals surface area contributed by atoms with Crippen molar-refractivity contribution < 1.29 is 4.42 Å². The maximum Gasteiger partial charge on any atom is 0.336 e. The Balaban J connectivity index is 2.44. The first-order chi connectivity index (χ1) is 7.84. The van der Waals surface area contributed by atoms with Gasteiger partial charge in [0, 0.05) is 17.0 Å². The lowest BCUT2D eigenvalue weighted by molar-refractivity contribution is 0.561. The van der Waals surface area contributed by atoms with Crippen LogP contribution >= 0.6 is 0 Å². The van der Waals surface area contributed by atoms with E-state index >= 15 is 0 Å².